The summed E-state index contributed by atoms with van der Waals surface area (Å²) >= 11 is 0. The van der Waals surface area contributed by atoms with Crippen molar-refractivity contribution < 1.29 is 4.74 Å². The third-order valence-electron chi connectivity index (χ3n) is 2.63. The van der Waals surface area contributed by atoms with Crippen LogP contribution in [0.3, 0.4) is 0 Å². The first-order valence-electron chi connectivity index (χ1n) is 5.79. The van der Waals surface area contributed by atoms with Crippen LogP contribution < -0.4 is 5.32 Å². The fourth-order valence-electron chi connectivity index (χ4n) is 1.77. The molecule has 14 heavy (non-hydrogen) atoms. The van der Waals surface area contributed by atoms with Gasteiger partial charge in [0.1, 0.15) is 0 Å². The second-order valence-electron chi connectivity index (χ2n) is 4.23. The van der Waals surface area contributed by atoms with Crippen LogP contribution in [0.4, 0.5) is 0 Å². The fraction of sp³-hybridized carbons (Fsp3) is 0.833. The van der Waals surface area contributed by atoms with Crippen molar-refractivity contribution in [3.05, 3.63) is 11.6 Å². The Kier molecular flexibility index (Phi) is 5.88. The van der Waals surface area contributed by atoms with Crippen LogP contribution in [-0.4, -0.2) is 26.3 Å². The van der Waals surface area contributed by atoms with Crippen molar-refractivity contribution in [1.29, 1.82) is 0 Å². The van der Waals surface area contributed by atoms with Crippen LogP contribution in [0.25, 0.3) is 0 Å². The highest BCUT2D eigenvalue weighted by atomic mass is 16.5. The van der Waals surface area contributed by atoms with Crippen molar-refractivity contribution in [1.82, 2.24) is 5.32 Å². The standard InChI is InChI=1S/C12H23NO/c1-3-4-11(2)9-14-10-12-5-7-13-8-6-12/h5,11,13H,3-4,6-10H2,1-2H3. The van der Waals surface area contributed by atoms with Crippen molar-refractivity contribution in [2.45, 2.75) is 33.1 Å². The van der Waals surface area contributed by atoms with E-state index in [4.69, 9.17) is 4.74 Å². The van der Waals surface area contributed by atoms with Gasteiger partial charge in [0.05, 0.1) is 6.61 Å². The molecule has 1 unspecified atom stereocenters. The zero-order valence-corrected chi connectivity index (χ0v) is 9.51. The molecule has 0 saturated carbocycles. The summed E-state index contributed by atoms with van der Waals surface area (Å²) in [6, 6.07) is 0. The Morgan fingerprint density at radius 1 is 1.57 bits per heavy atom. The molecule has 0 saturated heterocycles. The third kappa shape index (κ3) is 4.77. The minimum absolute atomic E-state index is 0.710. The van der Waals surface area contributed by atoms with E-state index in [-0.39, 0.29) is 0 Å². The van der Waals surface area contributed by atoms with Crippen LogP contribution in [0.15, 0.2) is 11.6 Å². The van der Waals surface area contributed by atoms with Gasteiger partial charge in [-0.1, -0.05) is 26.3 Å². The lowest BCUT2D eigenvalue weighted by Gasteiger charge is -2.16. The second kappa shape index (κ2) is 7.02. The van der Waals surface area contributed by atoms with Gasteiger partial charge < -0.3 is 10.1 Å². The van der Waals surface area contributed by atoms with E-state index in [2.05, 4.69) is 25.2 Å². The Bertz CT molecular complexity index is 177. The molecule has 1 rings (SSSR count). The Labute approximate surface area is 87.7 Å². The van der Waals surface area contributed by atoms with Gasteiger partial charge >= 0.3 is 0 Å². The van der Waals surface area contributed by atoms with E-state index in [1.54, 1.807) is 0 Å². The predicted molar refractivity (Wildman–Crippen MR) is 60.5 cm³/mol. The Balaban J connectivity index is 2.05. The maximum Gasteiger partial charge on any atom is 0.0677 e. The molecule has 1 heterocycles. The average Bonchev–Trinajstić information content (AvgIpc) is 2.20. The van der Waals surface area contributed by atoms with Crippen LogP contribution in [0.2, 0.25) is 0 Å². The molecule has 2 heteroatoms. The fourth-order valence-corrected chi connectivity index (χ4v) is 1.77. The van der Waals surface area contributed by atoms with Crippen LogP contribution >= 0.6 is 0 Å². The quantitative estimate of drug-likeness (QED) is 0.660. The molecule has 1 aliphatic heterocycles. The summed E-state index contributed by atoms with van der Waals surface area (Å²) in [5.41, 5.74) is 1.47. The second-order valence-corrected chi connectivity index (χ2v) is 4.23. The highest BCUT2D eigenvalue weighted by Crippen LogP contribution is 2.08. The van der Waals surface area contributed by atoms with E-state index in [0.717, 1.165) is 32.7 Å². The van der Waals surface area contributed by atoms with Crippen molar-refractivity contribution in [2.75, 3.05) is 26.3 Å². The first-order valence-corrected chi connectivity index (χ1v) is 5.79. The van der Waals surface area contributed by atoms with Crippen LogP contribution in [0, 0.1) is 5.92 Å². The van der Waals surface area contributed by atoms with Gasteiger partial charge in [-0.3, -0.25) is 0 Å². The molecular formula is C12H23NO. The average molecular weight is 197 g/mol. The zero-order chi connectivity index (χ0) is 10.2. The van der Waals surface area contributed by atoms with Gasteiger partial charge in [-0.2, -0.15) is 0 Å². The summed E-state index contributed by atoms with van der Waals surface area (Å²) in [7, 11) is 0. The van der Waals surface area contributed by atoms with Crippen molar-refractivity contribution in [2.24, 2.45) is 5.92 Å². The largest absolute Gasteiger partial charge is 0.377 e. The normalized spacial score (nSPS) is 19.1. The predicted octanol–water partition coefficient (Wildman–Crippen LogP) is 2.36. The summed E-state index contributed by atoms with van der Waals surface area (Å²) in [6.45, 7) is 8.38. The van der Waals surface area contributed by atoms with Crippen molar-refractivity contribution >= 4 is 0 Å². The van der Waals surface area contributed by atoms with E-state index < -0.39 is 0 Å². The van der Waals surface area contributed by atoms with Crippen LogP contribution in [0.5, 0.6) is 0 Å². The van der Waals surface area contributed by atoms with Gasteiger partial charge in [-0.15, -0.1) is 0 Å². The molecule has 1 N–H and O–H groups in total. The first-order chi connectivity index (χ1) is 6.83. The summed E-state index contributed by atoms with van der Waals surface area (Å²) in [5, 5.41) is 3.30. The summed E-state index contributed by atoms with van der Waals surface area (Å²) < 4.78 is 5.69. The minimum Gasteiger partial charge on any atom is -0.377 e. The van der Waals surface area contributed by atoms with E-state index in [9.17, 15) is 0 Å². The third-order valence-corrected chi connectivity index (χ3v) is 2.63. The van der Waals surface area contributed by atoms with Gasteiger partial charge in [-0.05, 0) is 30.9 Å². The molecule has 0 aliphatic carbocycles. The lowest BCUT2D eigenvalue weighted by Crippen LogP contribution is -2.22. The zero-order valence-electron chi connectivity index (χ0n) is 9.51. The van der Waals surface area contributed by atoms with E-state index in [0.29, 0.717) is 5.92 Å². The van der Waals surface area contributed by atoms with Gasteiger partial charge in [-0.25, -0.2) is 0 Å². The molecule has 0 aromatic carbocycles. The number of nitrogens with one attached hydrogen (secondary N) is 1. The summed E-state index contributed by atoms with van der Waals surface area (Å²) in [6.07, 6.45) is 5.95. The van der Waals surface area contributed by atoms with Crippen LogP contribution in [0.1, 0.15) is 33.1 Å². The molecule has 1 aliphatic rings. The van der Waals surface area contributed by atoms with E-state index in [1.807, 2.05) is 0 Å². The first kappa shape index (κ1) is 11.7. The molecule has 2 nitrogen and oxygen atoms in total. The SMILES string of the molecule is CCCC(C)COCC1=CCNCC1. The lowest BCUT2D eigenvalue weighted by molar-refractivity contribution is 0.118. The number of hydrogen-bond acceptors (Lipinski definition) is 2. The Hall–Kier alpha value is -0.340. The smallest absolute Gasteiger partial charge is 0.0677 e. The molecular weight excluding hydrogens is 174 g/mol. The van der Waals surface area contributed by atoms with Crippen LogP contribution in [-0.2, 0) is 4.74 Å². The minimum atomic E-state index is 0.710. The highest BCUT2D eigenvalue weighted by Gasteiger charge is 2.04. The van der Waals surface area contributed by atoms with E-state index >= 15 is 0 Å². The van der Waals surface area contributed by atoms with Gasteiger partial charge in [0.2, 0.25) is 0 Å². The number of ether oxygens (including phenoxy) is 1. The maximum absolute atomic E-state index is 5.69. The Morgan fingerprint density at radius 3 is 3.07 bits per heavy atom. The maximum atomic E-state index is 5.69. The lowest BCUT2D eigenvalue weighted by atomic mass is 10.1. The highest BCUT2D eigenvalue weighted by molar-refractivity contribution is 5.06. The molecule has 0 radical (unpaired) electrons. The molecule has 0 spiro atoms. The number of hydrogen-bond donors (Lipinski definition) is 1. The molecule has 0 aromatic rings. The molecule has 0 amide bonds. The summed E-state index contributed by atoms with van der Waals surface area (Å²) in [5.74, 6) is 0.710. The molecule has 0 bridgehead atoms. The van der Waals surface area contributed by atoms with Gasteiger partial charge in [0, 0.05) is 13.2 Å². The Morgan fingerprint density at radius 2 is 2.43 bits per heavy atom. The molecule has 82 valence electrons. The topological polar surface area (TPSA) is 21.3 Å². The van der Waals surface area contributed by atoms with Crippen molar-refractivity contribution in [3.8, 4) is 0 Å². The molecule has 1 atom stereocenters. The van der Waals surface area contributed by atoms with Gasteiger partial charge in [0.15, 0.2) is 0 Å². The number of rotatable bonds is 6. The summed E-state index contributed by atoms with van der Waals surface area (Å²) in [4.78, 5) is 0. The molecule has 0 fully saturated rings. The van der Waals surface area contributed by atoms with Crippen molar-refractivity contribution in [3.63, 3.8) is 0 Å². The van der Waals surface area contributed by atoms with E-state index in [1.165, 1.54) is 18.4 Å². The monoisotopic (exact) mass is 197 g/mol. The molecule has 0 aromatic heterocycles. The van der Waals surface area contributed by atoms with Gasteiger partial charge in [0.25, 0.3) is 0 Å².